The van der Waals surface area contributed by atoms with Gasteiger partial charge in [-0.1, -0.05) is 30.3 Å². The first kappa shape index (κ1) is 22.7. The number of H-pyrrole nitrogens is 1. The van der Waals surface area contributed by atoms with Crippen LogP contribution in [0.15, 0.2) is 30.3 Å². The van der Waals surface area contributed by atoms with Gasteiger partial charge in [-0.15, -0.1) is 0 Å². The number of ketones is 1. The number of carbonyl (C=O) groups is 4. The van der Waals surface area contributed by atoms with Crippen molar-refractivity contribution in [2.45, 2.75) is 27.3 Å². The molecule has 9 nitrogen and oxygen atoms in total. The first-order valence-corrected chi connectivity index (χ1v) is 9.44. The lowest BCUT2D eigenvalue weighted by Gasteiger charge is -2.09. The Hall–Kier alpha value is -3.62. The number of aryl methyl sites for hydroxylation is 2. The first-order chi connectivity index (χ1) is 14.3. The molecular weight excluding hydrogens is 390 g/mol. The average Bonchev–Trinajstić information content (AvgIpc) is 3.03. The minimum Gasteiger partial charge on any atom is -0.462 e. The van der Waals surface area contributed by atoms with E-state index >= 15 is 0 Å². The van der Waals surface area contributed by atoms with Crippen molar-refractivity contribution < 1.29 is 28.7 Å². The van der Waals surface area contributed by atoms with Crippen LogP contribution in [0.25, 0.3) is 0 Å². The normalized spacial score (nSPS) is 10.2. The van der Waals surface area contributed by atoms with Crippen LogP contribution >= 0.6 is 0 Å². The maximum absolute atomic E-state index is 12.5. The van der Waals surface area contributed by atoms with Crippen molar-refractivity contribution in [1.29, 1.82) is 0 Å². The quantitative estimate of drug-likeness (QED) is 0.425. The van der Waals surface area contributed by atoms with E-state index in [-0.39, 0.29) is 17.7 Å². The third-order valence-electron chi connectivity index (χ3n) is 4.19. The van der Waals surface area contributed by atoms with Crippen LogP contribution in [0, 0.1) is 13.8 Å². The number of urea groups is 1. The Morgan fingerprint density at radius 1 is 0.933 bits per heavy atom. The second kappa shape index (κ2) is 10.8. The van der Waals surface area contributed by atoms with Gasteiger partial charge in [0.2, 0.25) is 5.78 Å². The summed E-state index contributed by atoms with van der Waals surface area (Å²) in [6.07, 6.45) is 0. The highest BCUT2D eigenvalue weighted by atomic mass is 16.5. The summed E-state index contributed by atoms with van der Waals surface area (Å²) >= 11 is 0. The minimum absolute atomic E-state index is 0.132. The summed E-state index contributed by atoms with van der Waals surface area (Å²) in [5.74, 6) is -1.94. The molecule has 9 heteroatoms. The molecule has 0 radical (unpaired) electrons. The predicted molar refractivity (Wildman–Crippen MR) is 108 cm³/mol. The topological polar surface area (TPSA) is 127 Å². The van der Waals surface area contributed by atoms with Crippen molar-refractivity contribution in [2.24, 2.45) is 0 Å². The van der Waals surface area contributed by atoms with Crippen LogP contribution in [-0.4, -0.2) is 48.5 Å². The van der Waals surface area contributed by atoms with Crippen molar-refractivity contribution in [3.8, 4) is 0 Å². The van der Waals surface area contributed by atoms with Gasteiger partial charge in [0, 0.05) is 17.9 Å². The number of carbonyl (C=O) groups excluding carboxylic acids is 4. The molecule has 0 bridgehead atoms. The first-order valence-electron chi connectivity index (χ1n) is 9.44. The molecule has 2 aromatic rings. The number of hydrogen-bond donors (Lipinski definition) is 3. The molecule has 2 amide bonds. The Balaban J connectivity index is 1.83. The highest BCUT2D eigenvalue weighted by molar-refractivity contribution is 6.09. The zero-order chi connectivity index (χ0) is 22.1. The van der Waals surface area contributed by atoms with E-state index in [1.807, 2.05) is 30.3 Å². The maximum atomic E-state index is 12.5. The molecule has 0 aliphatic rings. The SMILES string of the molecule is CCOC(=O)c1c(C)[nH]c(C)c1C(=O)COC(=O)CNC(=O)NCc1ccccc1. The van der Waals surface area contributed by atoms with E-state index in [1.165, 1.54) is 0 Å². The van der Waals surface area contributed by atoms with Gasteiger partial charge in [-0.05, 0) is 26.3 Å². The Labute approximate surface area is 174 Å². The number of hydrogen-bond acceptors (Lipinski definition) is 6. The molecule has 30 heavy (non-hydrogen) atoms. The number of ether oxygens (including phenoxy) is 2. The van der Waals surface area contributed by atoms with Crippen molar-refractivity contribution in [3.63, 3.8) is 0 Å². The largest absolute Gasteiger partial charge is 0.462 e. The molecule has 0 atom stereocenters. The molecule has 0 saturated heterocycles. The molecule has 0 fully saturated rings. The molecule has 2 rings (SSSR count). The average molecular weight is 415 g/mol. The third kappa shape index (κ3) is 6.20. The van der Waals surface area contributed by atoms with Gasteiger partial charge in [0.05, 0.1) is 17.7 Å². The standard InChI is InChI=1S/C21H25N3O6/c1-4-29-20(27)19-14(3)24-13(2)18(19)16(25)12-30-17(26)11-23-21(28)22-10-15-8-6-5-7-9-15/h5-9,24H,4,10-12H2,1-3H3,(H2,22,23,28). The zero-order valence-electron chi connectivity index (χ0n) is 17.2. The monoisotopic (exact) mass is 415 g/mol. The van der Waals surface area contributed by atoms with Crippen LogP contribution in [0.4, 0.5) is 4.79 Å². The summed E-state index contributed by atoms with van der Waals surface area (Å²) in [7, 11) is 0. The lowest BCUT2D eigenvalue weighted by Crippen LogP contribution is -2.38. The Bertz CT molecular complexity index is 920. The minimum atomic E-state index is -0.777. The van der Waals surface area contributed by atoms with Crippen molar-refractivity contribution >= 4 is 23.8 Å². The molecule has 160 valence electrons. The summed E-state index contributed by atoms with van der Waals surface area (Å²) in [6.45, 7) is 4.48. The number of nitrogens with one attached hydrogen (secondary N) is 3. The van der Waals surface area contributed by atoms with E-state index in [1.54, 1.807) is 20.8 Å². The molecule has 0 spiro atoms. The molecule has 0 aliphatic carbocycles. The number of rotatable bonds is 9. The fourth-order valence-corrected chi connectivity index (χ4v) is 2.85. The lowest BCUT2D eigenvalue weighted by molar-refractivity contribution is -0.141. The predicted octanol–water partition coefficient (Wildman–Crippen LogP) is 2.03. The van der Waals surface area contributed by atoms with Gasteiger partial charge in [-0.3, -0.25) is 9.59 Å². The van der Waals surface area contributed by atoms with Crippen LogP contribution in [0.5, 0.6) is 0 Å². The van der Waals surface area contributed by atoms with Gasteiger partial charge < -0.3 is 25.1 Å². The van der Waals surface area contributed by atoms with Gasteiger partial charge in [0.25, 0.3) is 0 Å². The van der Waals surface area contributed by atoms with Gasteiger partial charge in [-0.2, -0.15) is 0 Å². The van der Waals surface area contributed by atoms with Gasteiger partial charge in [0.15, 0.2) is 6.61 Å². The fraction of sp³-hybridized carbons (Fsp3) is 0.333. The number of benzene rings is 1. The number of aromatic amines is 1. The summed E-state index contributed by atoms with van der Waals surface area (Å²) in [6, 6.07) is 8.75. The van der Waals surface area contributed by atoms with E-state index in [2.05, 4.69) is 15.6 Å². The van der Waals surface area contributed by atoms with Crippen molar-refractivity contribution in [2.75, 3.05) is 19.8 Å². The van der Waals surface area contributed by atoms with Crippen LogP contribution in [0.2, 0.25) is 0 Å². The van der Waals surface area contributed by atoms with E-state index < -0.39 is 36.9 Å². The van der Waals surface area contributed by atoms with Crippen molar-refractivity contribution in [3.05, 3.63) is 58.4 Å². The summed E-state index contributed by atoms with van der Waals surface area (Å²) in [5.41, 5.74) is 2.16. The molecule has 1 aromatic carbocycles. The maximum Gasteiger partial charge on any atom is 0.340 e. The highest BCUT2D eigenvalue weighted by Gasteiger charge is 2.26. The van der Waals surface area contributed by atoms with Crippen molar-refractivity contribution in [1.82, 2.24) is 15.6 Å². The molecular formula is C21H25N3O6. The highest BCUT2D eigenvalue weighted by Crippen LogP contribution is 2.20. The Morgan fingerprint density at radius 3 is 2.27 bits per heavy atom. The van der Waals surface area contributed by atoms with Gasteiger partial charge in [-0.25, -0.2) is 9.59 Å². The number of esters is 2. The smallest absolute Gasteiger partial charge is 0.340 e. The summed E-state index contributed by atoms with van der Waals surface area (Å²) in [5, 5.41) is 4.97. The second-order valence-electron chi connectivity index (χ2n) is 6.45. The number of amides is 2. The third-order valence-corrected chi connectivity index (χ3v) is 4.19. The van der Waals surface area contributed by atoms with E-state index in [4.69, 9.17) is 9.47 Å². The Kier molecular flexibility index (Phi) is 8.16. The summed E-state index contributed by atoms with van der Waals surface area (Å²) in [4.78, 5) is 51.2. The zero-order valence-corrected chi connectivity index (χ0v) is 17.2. The number of Topliss-reactive ketones (excluding diaryl/α,β-unsaturated/α-hetero) is 1. The summed E-state index contributed by atoms with van der Waals surface area (Å²) < 4.78 is 9.92. The Morgan fingerprint density at radius 2 is 1.60 bits per heavy atom. The molecule has 3 N–H and O–H groups in total. The fourth-order valence-electron chi connectivity index (χ4n) is 2.85. The van der Waals surface area contributed by atoms with Crippen LogP contribution in [0.3, 0.4) is 0 Å². The van der Waals surface area contributed by atoms with Gasteiger partial charge >= 0.3 is 18.0 Å². The van der Waals surface area contributed by atoms with E-state index in [0.717, 1.165) is 5.56 Å². The van der Waals surface area contributed by atoms with Gasteiger partial charge in [0.1, 0.15) is 6.54 Å². The van der Waals surface area contributed by atoms with Crippen LogP contribution < -0.4 is 10.6 Å². The molecule has 1 aromatic heterocycles. The van der Waals surface area contributed by atoms with E-state index in [0.29, 0.717) is 17.9 Å². The molecule has 0 unspecified atom stereocenters. The van der Waals surface area contributed by atoms with Crippen LogP contribution in [0.1, 0.15) is 44.6 Å². The number of aromatic nitrogens is 1. The molecule has 0 aliphatic heterocycles. The molecule has 1 heterocycles. The lowest BCUT2D eigenvalue weighted by atomic mass is 10.1. The van der Waals surface area contributed by atoms with Crippen LogP contribution in [-0.2, 0) is 20.8 Å². The van der Waals surface area contributed by atoms with E-state index in [9.17, 15) is 19.2 Å². The second-order valence-corrected chi connectivity index (χ2v) is 6.45. The molecule has 0 saturated carbocycles.